The van der Waals surface area contributed by atoms with Crippen LogP contribution in [0.1, 0.15) is 5.56 Å². The van der Waals surface area contributed by atoms with E-state index in [4.69, 9.17) is 23.8 Å². The lowest BCUT2D eigenvalue weighted by Gasteiger charge is -2.01. The molecule has 0 saturated carbocycles. The van der Waals surface area contributed by atoms with E-state index >= 15 is 0 Å². The molecule has 3 rings (SSSR count). The van der Waals surface area contributed by atoms with Crippen LogP contribution in [0.4, 0.5) is 4.39 Å². The lowest BCUT2D eigenvalue weighted by Crippen LogP contribution is -1.96. The molecule has 110 valence electrons. The molecule has 1 heterocycles. The number of hydrogen-bond acceptors (Lipinski definition) is 3. The van der Waals surface area contributed by atoms with E-state index in [9.17, 15) is 4.39 Å². The van der Waals surface area contributed by atoms with Gasteiger partial charge in [0.15, 0.2) is 5.82 Å². The molecule has 0 saturated heterocycles. The van der Waals surface area contributed by atoms with E-state index in [0.29, 0.717) is 21.2 Å². The number of rotatable bonds is 3. The van der Waals surface area contributed by atoms with Crippen LogP contribution in [-0.4, -0.2) is 21.1 Å². The lowest BCUT2D eigenvalue weighted by atomic mass is 10.2. The van der Waals surface area contributed by atoms with Gasteiger partial charge in [-0.25, -0.2) is 9.49 Å². The maximum atomic E-state index is 13.6. The van der Waals surface area contributed by atoms with Crippen molar-refractivity contribution in [1.82, 2.24) is 14.9 Å². The number of aromatic amines is 1. The van der Waals surface area contributed by atoms with Crippen molar-refractivity contribution in [1.29, 1.82) is 0 Å². The number of halogens is 2. The summed E-state index contributed by atoms with van der Waals surface area (Å²) in [6, 6.07) is 13.5. The molecule has 4 nitrogen and oxygen atoms in total. The third-order valence-electron chi connectivity index (χ3n) is 2.95. The maximum Gasteiger partial charge on any atom is 0.216 e. The fourth-order valence-corrected chi connectivity index (χ4v) is 2.28. The van der Waals surface area contributed by atoms with Crippen LogP contribution in [0.15, 0.2) is 53.6 Å². The van der Waals surface area contributed by atoms with Crippen LogP contribution in [0.3, 0.4) is 0 Å². The Morgan fingerprint density at radius 1 is 1.23 bits per heavy atom. The van der Waals surface area contributed by atoms with Gasteiger partial charge in [0.1, 0.15) is 5.82 Å². The third kappa shape index (κ3) is 2.98. The van der Waals surface area contributed by atoms with Gasteiger partial charge in [-0.15, -0.1) is 0 Å². The third-order valence-corrected chi connectivity index (χ3v) is 3.45. The van der Waals surface area contributed by atoms with E-state index < -0.39 is 0 Å². The van der Waals surface area contributed by atoms with Crippen molar-refractivity contribution < 1.29 is 4.39 Å². The number of nitrogens with one attached hydrogen (secondary N) is 1. The molecule has 1 aromatic heterocycles. The van der Waals surface area contributed by atoms with Gasteiger partial charge in [-0.1, -0.05) is 41.9 Å². The summed E-state index contributed by atoms with van der Waals surface area (Å²) in [6.45, 7) is 0. The number of benzene rings is 2. The summed E-state index contributed by atoms with van der Waals surface area (Å²) in [5.41, 5.74) is 1.12. The van der Waals surface area contributed by atoms with Gasteiger partial charge in [0.25, 0.3) is 0 Å². The van der Waals surface area contributed by atoms with E-state index in [1.54, 1.807) is 36.4 Å². The first-order chi connectivity index (χ1) is 10.6. The molecule has 1 N–H and O–H groups in total. The number of aromatic nitrogens is 3. The van der Waals surface area contributed by atoms with Gasteiger partial charge in [-0.05, 0) is 30.4 Å². The Balaban J connectivity index is 2.04. The first kappa shape index (κ1) is 14.6. The molecule has 0 unspecified atom stereocenters. The van der Waals surface area contributed by atoms with Crippen molar-refractivity contribution in [3.05, 3.63) is 69.7 Å². The highest BCUT2D eigenvalue weighted by atomic mass is 35.5. The van der Waals surface area contributed by atoms with Gasteiger partial charge in [0.05, 0.1) is 6.21 Å². The molecule has 0 fully saturated rings. The minimum Gasteiger partial charge on any atom is -0.250 e. The van der Waals surface area contributed by atoms with Crippen molar-refractivity contribution in [2.75, 3.05) is 0 Å². The molecule has 0 aliphatic carbocycles. The second kappa shape index (κ2) is 6.21. The standard InChI is InChI=1S/C15H10ClFN4S/c16-12-6-3-5-10(8-12)14-19-20-15(22)21(14)18-9-11-4-1-2-7-13(11)17/h1-9H,(H,20,22)/b18-9-. The van der Waals surface area contributed by atoms with Gasteiger partial charge in [0, 0.05) is 16.1 Å². The van der Waals surface area contributed by atoms with Gasteiger partial charge in [-0.2, -0.15) is 14.9 Å². The topological polar surface area (TPSA) is 46.0 Å². The maximum absolute atomic E-state index is 13.6. The number of H-pyrrole nitrogens is 1. The summed E-state index contributed by atoms with van der Waals surface area (Å²) < 4.78 is 15.4. The van der Waals surface area contributed by atoms with Crippen molar-refractivity contribution in [3.63, 3.8) is 0 Å². The van der Waals surface area contributed by atoms with E-state index in [2.05, 4.69) is 15.3 Å². The Kier molecular flexibility index (Phi) is 4.13. The Labute approximate surface area is 135 Å². The zero-order valence-corrected chi connectivity index (χ0v) is 12.8. The summed E-state index contributed by atoms with van der Waals surface area (Å²) in [7, 11) is 0. The molecule has 0 bridgehead atoms. The van der Waals surface area contributed by atoms with E-state index in [0.717, 1.165) is 5.56 Å². The summed E-state index contributed by atoms with van der Waals surface area (Å²) in [4.78, 5) is 0. The lowest BCUT2D eigenvalue weighted by molar-refractivity contribution is 0.625. The minimum atomic E-state index is -0.356. The molecule has 0 radical (unpaired) electrons. The highest BCUT2D eigenvalue weighted by molar-refractivity contribution is 7.71. The van der Waals surface area contributed by atoms with Crippen LogP contribution in [0.5, 0.6) is 0 Å². The van der Waals surface area contributed by atoms with Crippen molar-refractivity contribution in [3.8, 4) is 11.4 Å². The summed E-state index contributed by atoms with van der Waals surface area (Å²) in [5, 5.41) is 11.6. The van der Waals surface area contributed by atoms with Gasteiger partial charge < -0.3 is 0 Å². The molecule has 0 spiro atoms. The zero-order chi connectivity index (χ0) is 15.5. The van der Waals surface area contributed by atoms with Gasteiger partial charge in [-0.3, -0.25) is 0 Å². The predicted molar refractivity (Wildman–Crippen MR) is 87.2 cm³/mol. The minimum absolute atomic E-state index is 0.308. The van der Waals surface area contributed by atoms with E-state index in [1.807, 2.05) is 6.07 Å². The molecule has 0 atom stereocenters. The smallest absolute Gasteiger partial charge is 0.216 e. The molecule has 2 aromatic carbocycles. The molecule has 0 aliphatic rings. The first-order valence-electron chi connectivity index (χ1n) is 6.37. The highest BCUT2D eigenvalue weighted by Crippen LogP contribution is 2.21. The molecule has 3 aromatic rings. The quantitative estimate of drug-likeness (QED) is 0.574. The average molecular weight is 333 g/mol. The van der Waals surface area contributed by atoms with Crippen molar-refractivity contribution in [2.45, 2.75) is 0 Å². The Bertz CT molecular complexity index is 900. The molecule has 0 aliphatic heterocycles. The van der Waals surface area contributed by atoms with Crippen LogP contribution in [0.2, 0.25) is 5.02 Å². The zero-order valence-electron chi connectivity index (χ0n) is 11.2. The average Bonchev–Trinajstić information content (AvgIpc) is 2.87. The monoisotopic (exact) mass is 332 g/mol. The highest BCUT2D eigenvalue weighted by Gasteiger charge is 2.08. The van der Waals surface area contributed by atoms with E-state index in [-0.39, 0.29) is 5.82 Å². The molecule has 22 heavy (non-hydrogen) atoms. The number of hydrogen-bond donors (Lipinski definition) is 1. The predicted octanol–water partition coefficient (Wildman–Crippen LogP) is 4.28. The molecular weight excluding hydrogens is 323 g/mol. The Morgan fingerprint density at radius 3 is 2.82 bits per heavy atom. The summed E-state index contributed by atoms with van der Waals surface area (Å²) in [6.07, 6.45) is 1.40. The van der Waals surface area contributed by atoms with Crippen LogP contribution < -0.4 is 0 Å². The van der Waals surface area contributed by atoms with Crippen LogP contribution >= 0.6 is 23.8 Å². The van der Waals surface area contributed by atoms with Crippen LogP contribution in [-0.2, 0) is 0 Å². The molecular formula is C15H10ClFN4S. The Hall–Kier alpha value is -2.31. The molecule has 0 amide bonds. The van der Waals surface area contributed by atoms with Crippen molar-refractivity contribution >= 4 is 30.0 Å². The first-order valence-corrected chi connectivity index (χ1v) is 7.16. The fourth-order valence-electron chi connectivity index (χ4n) is 1.91. The van der Waals surface area contributed by atoms with Crippen molar-refractivity contribution in [2.24, 2.45) is 5.10 Å². The Morgan fingerprint density at radius 2 is 2.05 bits per heavy atom. The summed E-state index contributed by atoms with van der Waals surface area (Å²) in [5.74, 6) is 0.144. The van der Waals surface area contributed by atoms with Crippen LogP contribution in [0.25, 0.3) is 11.4 Å². The summed E-state index contributed by atoms with van der Waals surface area (Å²) >= 11 is 11.1. The van der Waals surface area contributed by atoms with E-state index in [1.165, 1.54) is 17.0 Å². The fraction of sp³-hybridized carbons (Fsp3) is 0. The SMILES string of the molecule is Fc1ccccc1/C=N\n1c(-c2cccc(Cl)c2)n[nH]c1=S. The normalized spacial score (nSPS) is 11.2. The largest absolute Gasteiger partial charge is 0.250 e. The van der Waals surface area contributed by atoms with Crippen LogP contribution in [0, 0.1) is 10.6 Å². The van der Waals surface area contributed by atoms with Gasteiger partial charge >= 0.3 is 0 Å². The second-order valence-corrected chi connectivity index (χ2v) is 5.26. The second-order valence-electron chi connectivity index (χ2n) is 4.44. The molecule has 7 heteroatoms. The van der Waals surface area contributed by atoms with Gasteiger partial charge in [0.2, 0.25) is 4.77 Å². The number of nitrogens with zero attached hydrogens (tertiary/aromatic N) is 3.